The maximum atomic E-state index is 13.1. The molecular weight excluding hydrogens is 402 g/mol. The summed E-state index contributed by atoms with van der Waals surface area (Å²) in [5.41, 5.74) is 2.54. The fourth-order valence-electron chi connectivity index (χ4n) is 3.32. The molecule has 1 amide bonds. The van der Waals surface area contributed by atoms with Gasteiger partial charge in [-0.25, -0.2) is 0 Å². The molecule has 1 aliphatic rings. The summed E-state index contributed by atoms with van der Waals surface area (Å²) in [6.45, 7) is 2.93. The van der Waals surface area contributed by atoms with Crippen LogP contribution in [0.15, 0.2) is 48.8 Å². The van der Waals surface area contributed by atoms with Crippen molar-refractivity contribution in [3.63, 3.8) is 0 Å². The van der Waals surface area contributed by atoms with Crippen LogP contribution in [0.2, 0.25) is 0 Å². The number of carbonyl (C=O) groups is 1. The van der Waals surface area contributed by atoms with Gasteiger partial charge in [-0.1, -0.05) is 6.07 Å². The molecule has 1 aromatic carbocycles. The fourth-order valence-corrected chi connectivity index (χ4v) is 4.45. The Balaban J connectivity index is 1.67. The van der Waals surface area contributed by atoms with Crippen molar-refractivity contribution in [2.45, 2.75) is 0 Å². The number of nitrogens with one attached hydrogen (secondary N) is 1. The van der Waals surface area contributed by atoms with E-state index >= 15 is 0 Å². The summed E-state index contributed by atoms with van der Waals surface area (Å²) in [5, 5.41) is 4.01. The first-order valence-corrected chi connectivity index (χ1v) is 10.4. The van der Waals surface area contributed by atoms with Crippen LogP contribution in [0.3, 0.4) is 0 Å². The lowest BCUT2D eigenvalue weighted by Crippen LogP contribution is -2.35. The minimum absolute atomic E-state index is 0.198. The lowest BCUT2D eigenvalue weighted by Gasteiger charge is -2.28. The van der Waals surface area contributed by atoms with Crippen LogP contribution in [0.5, 0.6) is 11.5 Å². The van der Waals surface area contributed by atoms with Gasteiger partial charge in [-0.3, -0.25) is 9.78 Å². The van der Waals surface area contributed by atoms with E-state index < -0.39 is 0 Å². The van der Waals surface area contributed by atoms with E-state index in [1.165, 1.54) is 11.3 Å². The second-order valence-electron chi connectivity index (χ2n) is 6.69. The Labute approximate surface area is 179 Å². The number of rotatable bonds is 6. The monoisotopic (exact) mass is 425 g/mol. The summed E-state index contributed by atoms with van der Waals surface area (Å²) < 4.78 is 16.1. The molecule has 0 spiro atoms. The molecule has 3 heterocycles. The molecule has 0 atom stereocenters. The molecule has 0 aliphatic carbocycles. The zero-order valence-electron chi connectivity index (χ0n) is 16.9. The van der Waals surface area contributed by atoms with Gasteiger partial charge in [-0.05, 0) is 24.3 Å². The molecule has 0 radical (unpaired) electrons. The van der Waals surface area contributed by atoms with Gasteiger partial charge in [0.05, 0.1) is 43.0 Å². The third-order valence-electron chi connectivity index (χ3n) is 4.86. The maximum Gasteiger partial charge on any atom is 0.265 e. The van der Waals surface area contributed by atoms with Crippen LogP contribution in [0, 0.1) is 0 Å². The molecule has 4 rings (SSSR count). The standard InChI is InChI=1S/C22H23N3O4S/c1-27-16-5-6-19(28-2)18(12-16)24-21(26)20-13-17(15-4-3-7-23-14-15)22(30-20)25-8-10-29-11-9-25/h3-7,12-14H,8-11H2,1-2H3,(H,24,26). The lowest BCUT2D eigenvalue weighted by molar-refractivity contribution is 0.103. The van der Waals surface area contributed by atoms with E-state index in [1.54, 1.807) is 38.6 Å². The first-order chi connectivity index (χ1) is 14.7. The van der Waals surface area contributed by atoms with Crippen molar-refractivity contribution >= 4 is 27.9 Å². The lowest BCUT2D eigenvalue weighted by atomic mass is 10.1. The second-order valence-corrected chi connectivity index (χ2v) is 7.72. The fraction of sp³-hybridized carbons (Fsp3) is 0.273. The van der Waals surface area contributed by atoms with Gasteiger partial charge in [0.2, 0.25) is 0 Å². The first-order valence-electron chi connectivity index (χ1n) is 9.60. The third kappa shape index (κ3) is 4.24. The van der Waals surface area contributed by atoms with Crippen LogP contribution in [-0.2, 0) is 4.74 Å². The molecule has 156 valence electrons. The van der Waals surface area contributed by atoms with Crippen molar-refractivity contribution < 1.29 is 19.0 Å². The molecule has 3 aromatic rings. The van der Waals surface area contributed by atoms with Crippen molar-refractivity contribution in [1.29, 1.82) is 0 Å². The second kappa shape index (κ2) is 9.15. The number of hydrogen-bond acceptors (Lipinski definition) is 7. The average Bonchev–Trinajstić information content (AvgIpc) is 3.26. The van der Waals surface area contributed by atoms with Crippen molar-refractivity contribution in [2.75, 3.05) is 50.7 Å². The predicted octanol–water partition coefficient (Wildman–Crippen LogP) is 3.92. The third-order valence-corrected chi connectivity index (χ3v) is 6.06. The number of methoxy groups -OCH3 is 2. The minimum Gasteiger partial charge on any atom is -0.497 e. The highest BCUT2D eigenvalue weighted by atomic mass is 32.1. The number of hydrogen-bond donors (Lipinski definition) is 1. The van der Waals surface area contributed by atoms with E-state index in [4.69, 9.17) is 14.2 Å². The topological polar surface area (TPSA) is 72.9 Å². The molecule has 1 N–H and O–H groups in total. The van der Waals surface area contributed by atoms with Crippen LogP contribution in [0.1, 0.15) is 9.67 Å². The number of amides is 1. The van der Waals surface area contributed by atoms with E-state index in [2.05, 4.69) is 15.2 Å². The van der Waals surface area contributed by atoms with Crippen LogP contribution < -0.4 is 19.7 Å². The quantitative estimate of drug-likeness (QED) is 0.645. The molecule has 8 heteroatoms. The maximum absolute atomic E-state index is 13.1. The normalized spacial score (nSPS) is 13.7. The molecule has 1 saturated heterocycles. The van der Waals surface area contributed by atoms with Crippen molar-refractivity contribution in [3.8, 4) is 22.6 Å². The summed E-state index contributed by atoms with van der Waals surface area (Å²) in [7, 11) is 3.15. The molecule has 0 unspecified atom stereocenters. The van der Waals surface area contributed by atoms with E-state index in [-0.39, 0.29) is 5.91 Å². The Morgan fingerprint density at radius 1 is 1.17 bits per heavy atom. The van der Waals surface area contributed by atoms with Crippen LogP contribution in [0.4, 0.5) is 10.7 Å². The van der Waals surface area contributed by atoms with Crippen LogP contribution in [-0.4, -0.2) is 51.4 Å². The minimum atomic E-state index is -0.198. The van der Waals surface area contributed by atoms with E-state index in [0.29, 0.717) is 35.3 Å². The van der Waals surface area contributed by atoms with Crippen molar-refractivity contribution in [2.24, 2.45) is 0 Å². The Morgan fingerprint density at radius 2 is 2.00 bits per heavy atom. The number of carbonyl (C=O) groups excluding carboxylic acids is 1. The summed E-state index contributed by atoms with van der Waals surface area (Å²) >= 11 is 1.47. The molecule has 0 saturated carbocycles. The van der Waals surface area contributed by atoms with Crippen molar-refractivity contribution in [3.05, 3.63) is 53.7 Å². The Hall–Kier alpha value is -3.10. The van der Waals surface area contributed by atoms with Gasteiger partial charge in [0.25, 0.3) is 5.91 Å². The zero-order chi connectivity index (χ0) is 20.9. The molecule has 1 fully saturated rings. The van der Waals surface area contributed by atoms with Crippen molar-refractivity contribution in [1.82, 2.24) is 4.98 Å². The Morgan fingerprint density at radius 3 is 2.70 bits per heavy atom. The number of morpholine rings is 1. The molecule has 2 aromatic heterocycles. The number of thiophene rings is 1. The van der Waals surface area contributed by atoms with Crippen LogP contribution in [0.25, 0.3) is 11.1 Å². The SMILES string of the molecule is COc1ccc(OC)c(NC(=O)c2cc(-c3cccnc3)c(N3CCOCC3)s2)c1. The number of aromatic nitrogens is 1. The number of pyridine rings is 1. The summed E-state index contributed by atoms with van der Waals surface area (Å²) in [6, 6.07) is 11.1. The summed E-state index contributed by atoms with van der Waals surface area (Å²) in [6.07, 6.45) is 3.56. The van der Waals surface area contributed by atoms with E-state index in [0.717, 1.165) is 29.2 Å². The van der Waals surface area contributed by atoms with Gasteiger partial charge in [-0.15, -0.1) is 11.3 Å². The highest BCUT2D eigenvalue weighted by Gasteiger charge is 2.22. The predicted molar refractivity (Wildman–Crippen MR) is 118 cm³/mol. The summed E-state index contributed by atoms with van der Waals surface area (Å²) in [5.74, 6) is 1.01. The largest absolute Gasteiger partial charge is 0.497 e. The van der Waals surface area contributed by atoms with Crippen LogP contribution >= 0.6 is 11.3 Å². The molecule has 7 nitrogen and oxygen atoms in total. The molecule has 0 bridgehead atoms. The Bertz CT molecular complexity index is 1020. The summed E-state index contributed by atoms with van der Waals surface area (Å²) in [4.78, 5) is 20.2. The average molecular weight is 426 g/mol. The number of benzene rings is 1. The van der Waals surface area contributed by atoms with E-state index in [1.807, 2.05) is 24.4 Å². The first kappa shape index (κ1) is 20.2. The Kier molecular flexibility index (Phi) is 6.15. The highest BCUT2D eigenvalue weighted by molar-refractivity contribution is 7.18. The number of ether oxygens (including phenoxy) is 3. The highest BCUT2D eigenvalue weighted by Crippen LogP contribution is 2.40. The van der Waals surface area contributed by atoms with Gasteiger partial charge in [0, 0.05) is 42.7 Å². The van der Waals surface area contributed by atoms with Gasteiger partial charge in [0.15, 0.2) is 0 Å². The van der Waals surface area contributed by atoms with Gasteiger partial charge in [-0.2, -0.15) is 0 Å². The zero-order valence-corrected chi connectivity index (χ0v) is 17.7. The smallest absolute Gasteiger partial charge is 0.265 e. The van der Waals surface area contributed by atoms with Gasteiger partial charge < -0.3 is 24.4 Å². The van der Waals surface area contributed by atoms with Gasteiger partial charge in [0.1, 0.15) is 11.5 Å². The van der Waals surface area contributed by atoms with E-state index in [9.17, 15) is 4.79 Å². The molecule has 30 heavy (non-hydrogen) atoms. The molecule has 1 aliphatic heterocycles. The number of nitrogens with zero attached hydrogens (tertiary/aromatic N) is 2. The molecular formula is C22H23N3O4S. The number of anilines is 2. The van der Waals surface area contributed by atoms with Gasteiger partial charge >= 0.3 is 0 Å².